The summed E-state index contributed by atoms with van der Waals surface area (Å²) in [7, 11) is 0. The first kappa shape index (κ1) is 14.0. The van der Waals surface area contributed by atoms with Crippen LogP contribution in [0.15, 0.2) is 24.5 Å². The van der Waals surface area contributed by atoms with Gasteiger partial charge in [-0.3, -0.25) is 9.78 Å². The summed E-state index contributed by atoms with van der Waals surface area (Å²) in [4.78, 5) is 18.9. The number of carbonyl (C=O) groups excluding carboxylic acids is 1. The molecule has 3 aliphatic rings. The Morgan fingerprint density at radius 2 is 2.09 bits per heavy atom. The predicted octanol–water partition coefficient (Wildman–Crippen LogP) is 2.16. The molecule has 3 fully saturated rings. The van der Waals surface area contributed by atoms with Gasteiger partial charge in [0, 0.05) is 37.7 Å². The fourth-order valence-electron chi connectivity index (χ4n) is 4.13. The zero-order valence-electron chi connectivity index (χ0n) is 12.7. The largest absolute Gasteiger partial charge is 0.489 e. The topological polar surface area (TPSA) is 51.7 Å². The fraction of sp³-hybridized carbons (Fsp3) is 0.647. The second kappa shape index (κ2) is 5.88. The number of hydrogen-bond acceptors (Lipinski definition) is 4. The van der Waals surface area contributed by atoms with Gasteiger partial charge in [-0.05, 0) is 37.8 Å². The summed E-state index contributed by atoms with van der Waals surface area (Å²) in [5, 5.41) is 0. The molecule has 5 heteroatoms. The number of amides is 1. The van der Waals surface area contributed by atoms with Gasteiger partial charge in [0.2, 0.25) is 0 Å². The van der Waals surface area contributed by atoms with E-state index in [4.69, 9.17) is 9.47 Å². The van der Waals surface area contributed by atoms with Crippen molar-refractivity contribution in [2.45, 2.75) is 62.8 Å². The Bertz CT molecular complexity index is 516. The average molecular weight is 302 g/mol. The summed E-state index contributed by atoms with van der Waals surface area (Å²) < 4.78 is 11.6. The van der Waals surface area contributed by atoms with E-state index in [9.17, 15) is 4.79 Å². The van der Waals surface area contributed by atoms with E-state index in [1.807, 2.05) is 12.1 Å². The van der Waals surface area contributed by atoms with Gasteiger partial charge in [0.1, 0.15) is 18.0 Å². The van der Waals surface area contributed by atoms with Gasteiger partial charge in [0.05, 0.1) is 6.20 Å². The zero-order chi connectivity index (χ0) is 14.9. The van der Waals surface area contributed by atoms with Crippen LogP contribution in [0.3, 0.4) is 0 Å². The molecule has 4 heterocycles. The van der Waals surface area contributed by atoms with E-state index in [0.717, 1.165) is 50.9 Å². The van der Waals surface area contributed by atoms with Crippen molar-refractivity contribution in [1.82, 2.24) is 9.88 Å². The van der Waals surface area contributed by atoms with Crippen LogP contribution in [0.25, 0.3) is 0 Å². The molecule has 3 aliphatic heterocycles. The number of carbonyl (C=O) groups is 1. The number of nitrogens with zero attached hydrogens (tertiary/aromatic N) is 2. The van der Waals surface area contributed by atoms with E-state index < -0.39 is 0 Å². The molecule has 0 aromatic carbocycles. The van der Waals surface area contributed by atoms with Crippen LogP contribution in [-0.2, 0) is 9.53 Å². The highest BCUT2D eigenvalue weighted by Gasteiger charge is 2.46. The van der Waals surface area contributed by atoms with E-state index in [-0.39, 0.29) is 18.1 Å². The Morgan fingerprint density at radius 3 is 2.73 bits per heavy atom. The molecular weight excluding hydrogens is 280 g/mol. The monoisotopic (exact) mass is 302 g/mol. The van der Waals surface area contributed by atoms with E-state index in [1.54, 1.807) is 12.4 Å². The minimum absolute atomic E-state index is 0.190. The first-order valence-electron chi connectivity index (χ1n) is 8.32. The van der Waals surface area contributed by atoms with Gasteiger partial charge >= 0.3 is 0 Å². The molecule has 22 heavy (non-hydrogen) atoms. The predicted molar refractivity (Wildman–Crippen MR) is 80.5 cm³/mol. The van der Waals surface area contributed by atoms with Crippen LogP contribution < -0.4 is 4.74 Å². The van der Waals surface area contributed by atoms with Gasteiger partial charge < -0.3 is 14.4 Å². The van der Waals surface area contributed by atoms with E-state index in [1.165, 1.54) is 0 Å². The van der Waals surface area contributed by atoms with Crippen molar-refractivity contribution < 1.29 is 14.3 Å². The number of rotatable bonds is 3. The summed E-state index contributed by atoms with van der Waals surface area (Å²) >= 11 is 0. The number of pyridine rings is 1. The Morgan fingerprint density at radius 1 is 1.27 bits per heavy atom. The molecule has 3 unspecified atom stereocenters. The van der Waals surface area contributed by atoms with Crippen molar-refractivity contribution >= 4 is 5.91 Å². The molecule has 0 aliphatic carbocycles. The standard InChI is InChI=1S/C17H22N2O3/c20-17(16-4-2-8-21-16)19-12-5-6-13(19)10-15(9-12)22-14-3-1-7-18-11-14/h1,3,7,11-13,15-16H,2,4-6,8-10H2. The van der Waals surface area contributed by atoms with Crippen LogP contribution in [-0.4, -0.2) is 46.7 Å². The summed E-state index contributed by atoms with van der Waals surface area (Å²) in [6.45, 7) is 0.728. The molecule has 0 spiro atoms. The quantitative estimate of drug-likeness (QED) is 0.858. The Kier molecular flexibility index (Phi) is 3.74. The molecule has 1 amide bonds. The normalized spacial score (nSPS) is 33.9. The molecule has 0 radical (unpaired) electrons. The van der Waals surface area contributed by atoms with Crippen molar-refractivity contribution in [1.29, 1.82) is 0 Å². The highest BCUT2D eigenvalue weighted by molar-refractivity contribution is 5.82. The lowest BCUT2D eigenvalue weighted by Gasteiger charge is -2.39. The highest BCUT2D eigenvalue weighted by Crippen LogP contribution is 2.38. The van der Waals surface area contributed by atoms with Gasteiger partial charge in [-0.15, -0.1) is 0 Å². The lowest BCUT2D eigenvalue weighted by Crippen LogP contribution is -2.52. The third kappa shape index (κ3) is 2.58. The first-order chi connectivity index (χ1) is 10.8. The molecule has 0 N–H and O–H groups in total. The van der Waals surface area contributed by atoms with Gasteiger partial charge in [-0.25, -0.2) is 0 Å². The van der Waals surface area contributed by atoms with Gasteiger partial charge in [-0.2, -0.15) is 0 Å². The van der Waals surface area contributed by atoms with E-state index in [2.05, 4.69) is 9.88 Å². The molecule has 1 aromatic rings. The number of ether oxygens (including phenoxy) is 2. The Labute approximate surface area is 130 Å². The van der Waals surface area contributed by atoms with Gasteiger partial charge in [0.25, 0.3) is 5.91 Å². The third-order valence-corrected chi connectivity index (χ3v) is 5.09. The lowest BCUT2D eigenvalue weighted by molar-refractivity contribution is -0.147. The van der Waals surface area contributed by atoms with Crippen LogP contribution in [0.1, 0.15) is 38.5 Å². The molecule has 5 nitrogen and oxygen atoms in total. The molecular formula is C17H22N2O3. The molecule has 3 atom stereocenters. The number of hydrogen-bond donors (Lipinski definition) is 0. The summed E-state index contributed by atoms with van der Waals surface area (Å²) in [5.74, 6) is 1.04. The zero-order valence-corrected chi connectivity index (χ0v) is 12.7. The number of piperidine rings is 1. The van der Waals surface area contributed by atoms with Gasteiger partial charge in [0.15, 0.2) is 0 Å². The minimum atomic E-state index is -0.195. The lowest BCUT2D eigenvalue weighted by atomic mass is 9.98. The molecule has 3 saturated heterocycles. The Balaban J connectivity index is 1.42. The molecule has 118 valence electrons. The second-order valence-corrected chi connectivity index (χ2v) is 6.53. The SMILES string of the molecule is O=C(C1CCCO1)N1C2CCC1CC(Oc1cccnc1)C2. The van der Waals surface area contributed by atoms with Crippen LogP contribution in [0, 0.1) is 0 Å². The summed E-state index contributed by atoms with van der Waals surface area (Å²) in [6, 6.07) is 4.47. The number of fused-ring (bicyclic) bond motifs is 2. The summed E-state index contributed by atoms with van der Waals surface area (Å²) in [5.41, 5.74) is 0. The van der Waals surface area contributed by atoms with Crippen molar-refractivity contribution in [2.75, 3.05) is 6.61 Å². The average Bonchev–Trinajstić information content (AvgIpc) is 3.15. The smallest absolute Gasteiger partial charge is 0.252 e. The number of aromatic nitrogens is 1. The maximum absolute atomic E-state index is 12.7. The molecule has 2 bridgehead atoms. The maximum Gasteiger partial charge on any atom is 0.252 e. The van der Waals surface area contributed by atoms with E-state index >= 15 is 0 Å². The first-order valence-corrected chi connectivity index (χ1v) is 8.32. The minimum Gasteiger partial charge on any atom is -0.489 e. The van der Waals surface area contributed by atoms with Crippen LogP contribution >= 0.6 is 0 Å². The molecule has 1 aromatic heterocycles. The van der Waals surface area contributed by atoms with Crippen molar-refractivity contribution in [3.05, 3.63) is 24.5 Å². The fourth-order valence-corrected chi connectivity index (χ4v) is 4.13. The second-order valence-electron chi connectivity index (χ2n) is 6.53. The molecule has 0 saturated carbocycles. The van der Waals surface area contributed by atoms with Crippen molar-refractivity contribution in [3.63, 3.8) is 0 Å². The third-order valence-electron chi connectivity index (χ3n) is 5.09. The van der Waals surface area contributed by atoms with Crippen LogP contribution in [0.2, 0.25) is 0 Å². The van der Waals surface area contributed by atoms with Crippen LogP contribution in [0.5, 0.6) is 5.75 Å². The van der Waals surface area contributed by atoms with Gasteiger partial charge in [-0.1, -0.05) is 0 Å². The maximum atomic E-state index is 12.7. The van der Waals surface area contributed by atoms with Crippen LogP contribution in [0.4, 0.5) is 0 Å². The highest BCUT2D eigenvalue weighted by atomic mass is 16.5. The van der Waals surface area contributed by atoms with Crippen molar-refractivity contribution in [3.8, 4) is 5.75 Å². The molecule has 4 rings (SSSR count). The van der Waals surface area contributed by atoms with Crippen molar-refractivity contribution in [2.24, 2.45) is 0 Å². The summed E-state index contributed by atoms with van der Waals surface area (Å²) in [6.07, 6.45) is 9.41. The Hall–Kier alpha value is -1.62. The van der Waals surface area contributed by atoms with E-state index in [0.29, 0.717) is 12.1 Å².